The molecule has 3 rings (SSSR count). The number of sulfone groups is 1. The van der Waals surface area contributed by atoms with Gasteiger partial charge >= 0.3 is 5.25 Å². The van der Waals surface area contributed by atoms with E-state index < -0.39 is 21.0 Å². The van der Waals surface area contributed by atoms with Gasteiger partial charge in [0.1, 0.15) is 0 Å². The second kappa shape index (κ2) is 6.95. The van der Waals surface area contributed by atoms with Crippen LogP contribution in [-0.2, 0) is 16.9 Å². The molecular weight excluding hydrogens is 348 g/mol. The molecule has 1 aromatic rings. The summed E-state index contributed by atoms with van der Waals surface area (Å²) in [6.45, 7) is 4.06. The van der Waals surface area contributed by atoms with Crippen LogP contribution in [-0.4, -0.2) is 48.0 Å². The molecule has 0 bridgehead atoms. The average molecular weight is 375 g/mol. The first-order chi connectivity index (χ1) is 11.8. The zero-order valence-corrected chi connectivity index (χ0v) is 15.7. The highest BCUT2D eigenvalue weighted by Crippen LogP contribution is 2.43. The number of unbranched alkanes of at least 4 members (excludes halogenated alkanes) is 1. The minimum absolute atomic E-state index is 0.212. The second-order valence-electron chi connectivity index (χ2n) is 7.34. The van der Waals surface area contributed by atoms with Gasteiger partial charge in [-0.3, -0.25) is 4.68 Å². The fourth-order valence-corrected chi connectivity index (χ4v) is 5.15. The third kappa shape index (κ3) is 3.60. The fraction of sp³-hybridized carbons (Fsp3) is 0.824. The number of alkyl halides is 2. The molecule has 5 nitrogen and oxygen atoms in total. The van der Waals surface area contributed by atoms with Crippen LogP contribution in [0.4, 0.5) is 8.78 Å². The van der Waals surface area contributed by atoms with Gasteiger partial charge in [0.15, 0.2) is 5.03 Å². The molecule has 8 heteroatoms. The van der Waals surface area contributed by atoms with Gasteiger partial charge in [-0.2, -0.15) is 13.9 Å². The van der Waals surface area contributed by atoms with Gasteiger partial charge in [0.2, 0.25) is 0 Å². The van der Waals surface area contributed by atoms with Crippen LogP contribution < -0.4 is 0 Å². The van der Waals surface area contributed by atoms with Crippen molar-refractivity contribution in [2.24, 2.45) is 13.0 Å². The summed E-state index contributed by atoms with van der Waals surface area (Å²) in [6, 6.07) is 1.34. The predicted molar refractivity (Wildman–Crippen MR) is 91.4 cm³/mol. The molecule has 0 atom stereocenters. The summed E-state index contributed by atoms with van der Waals surface area (Å²) < 4.78 is 56.2. The number of halogens is 2. The standard InChI is InChI=1S/C17H27F2N3O2S/c1-3-4-9-22-10-7-14(8-11-22)17(18,19)25(23,24)16-12-15(13-5-6-13)20-21(16)2/h12-14H,3-11H2,1-2H3. The van der Waals surface area contributed by atoms with Crippen molar-refractivity contribution in [2.45, 2.75) is 61.6 Å². The molecule has 0 aromatic carbocycles. The molecule has 0 amide bonds. The number of nitrogens with zero attached hydrogens (tertiary/aromatic N) is 3. The third-order valence-corrected chi connectivity index (χ3v) is 7.36. The summed E-state index contributed by atoms with van der Waals surface area (Å²) >= 11 is 0. The lowest BCUT2D eigenvalue weighted by Crippen LogP contribution is -2.45. The molecule has 2 aliphatic rings. The number of hydrogen-bond acceptors (Lipinski definition) is 4. The van der Waals surface area contributed by atoms with Crippen LogP contribution >= 0.6 is 0 Å². The predicted octanol–water partition coefficient (Wildman–Crippen LogP) is 3.18. The van der Waals surface area contributed by atoms with Crippen LogP contribution in [0.5, 0.6) is 0 Å². The van der Waals surface area contributed by atoms with Crippen LogP contribution in [0.1, 0.15) is 57.1 Å². The minimum Gasteiger partial charge on any atom is -0.303 e. The highest BCUT2D eigenvalue weighted by molar-refractivity contribution is 7.92. The van der Waals surface area contributed by atoms with E-state index in [0.717, 1.165) is 36.9 Å². The summed E-state index contributed by atoms with van der Waals surface area (Å²) in [5.74, 6) is -0.903. The van der Waals surface area contributed by atoms with Crippen LogP contribution in [0.25, 0.3) is 0 Å². The van der Waals surface area contributed by atoms with Gasteiger partial charge in [0.25, 0.3) is 9.84 Å². The molecule has 0 spiro atoms. The van der Waals surface area contributed by atoms with Crippen LogP contribution in [0.15, 0.2) is 11.1 Å². The molecule has 1 aromatic heterocycles. The van der Waals surface area contributed by atoms with E-state index in [4.69, 9.17) is 0 Å². The second-order valence-corrected chi connectivity index (χ2v) is 9.31. The van der Waals surface area contributed by atoms with Crippen molar-refractivity contribution in [1.29, 1.82) is 0 Å². The maximum atomic E-state index is 14.9. The molecule has 25 heavy (non-hydrogen) atoms. The van der Waals surface area contributed by atoms with Crippen LogP contribution in [0.2, 0.25) is 0 Å². The Kier molecular flexibility index (Phi) is 5.21. The fourth-order valence-electron chi connectivity index (χ4n) is 3.53. The van der Waals surface area contributed by atoms with E-state index in [1.807, 2.05) is 0 Å². The van der Waals surface area contributed by atoms with E-state index in [1.54, 1.807) is 0 Å². The number of rotatable bonds is 7. The average Bonchev–Trinajstić information content (AvgIpc) is 3.35. The van der Waals surface area contributed by atoms with E-state index in [1.165, 1.54) is 13.1 Å². The van der Waals surface area contributed by atoms with Gasteiger partial charge in [-0.25, -0.2) is 8.42 Å². The topological polar surface area (TPSA) is 55.2 Å². The molecule has 142 valence electrons. The smallest absolute Gasteiger partial charge is 0.303 e. The van der Waals surface area contributed by atoms with Gasteiger partial charge in [-0.05, 0) is 57.8 Å². The van der Waals surface area contributed by atoms with Gasteiger partial charge in [0.05, 0.1) is 5.69 Å². The largest absolute Gasteiger partial charge is 0.354 e. The van der Waals surface area contributed by atoms with Gasteiger partial charge < -0.3 is 4.90 Å². The molecule has 0 N–H and O–H groups in total. The Morgan fingerprint density at radius 2 is 1.88 bits per heavy atom. The molecule has 0 radical (unpaired) electrons. The van der Waals surface area contributed by atoms with Gasteiger partial charge in [0, 0.05) is 18.9 Å². The third-order valence-electron chi connectivity index (χ3n) is 5.38. The van der Waals surface area contributed by atoms with Crippen molar-refractivity contribution in [2.75, 3.05) is 19.6 Å². The van der Waals surface area contributed by atoms with E-state index in [2.05, 4.69) is 16.9 Å². The summed E-state index contributed by atoms with van der Waals surface area (Å²) in [4.78, 5) is 2.15. The number of aromatic nitrogens is 2. The first-order valence-electron chi connectivity index (χ1n) is 9.16. The van der Waals surface area contributed by atoms with Crippen molar-refractivity contribution >= 4 is 9.84 Å². The van der Waals surface area contributed by atoms with Crippen LogP contribution in [0, 0.1) is 5.92 Å². The highest BCUT2D eigenvalue weighted by atomic mass is 32.2. The molecule has 1 saturated carbocycles. The van der Waals surface area contributed by atoms with Crippen molar-refractivity contribution < 1.29 is 17.2 Å². The van der Waals surface area contributed by atoms with E-state index >= 15 is 0 Å². The highest BCUT2D eigenvalue weighted by Gasteiger charge is 2.54. The number of hydrogen-bond donors (Lipinski definition) is 0. The zero-order chi connectivity index (χ0) is 18.2. The number of likely N-dealkylation sites (tertiary alicyclic amines) is 1. The van der Waals surface area contributed by atoms with Crippen molar-refractivity contribution in [3.63, 3.8) is 0 Å². The molecule has 1 aliphatic carbocycles. The maximum Gasteiger partial charge on any atom is 0.354 e. The quantitative estimate of drug-likeness (QED) is 0.735. The first-order valence-corrected chi connectivity index (χ1v) is 10.6. The Bertz CT molecular complexity index is 705. The zero-order valence-electron chi connectivity index (χ0n) is 14.9. The molecule has 1 saturated heterocycles. The van der Waals surface area contributed by atoms with Crippen molar-refractivity contribution in [3.8, 4) is 0 Å². The summed E-state index contributed by atoms with van der Waals surface area (Å²) in [5, 5.41) is 0.0339. The Morgan fingerprint density at radius 3 is 2.44 bits per heavy atom. The summed E-state index contributed by atoms with van der Waals surface area (Å²) in [6.07, 6.45) is 4.42. The van der Waals surface area contributed by atoms with Gasteiger partial charge in [-0.15, -0.1) is 0 Å². The normalized spacial score (nSPS) is 21.0. The summed E-state index contributed by atoms with van der Waals surface area (Å²) in [5.41, 5.74) is 0.617. The monoisotopic (exact) mass is 375 g/mol. The molecular formula is C17H27F2N3O2S. The molecule has 1 aliphatic heterocycles. The van der Waals surface area contributed by atoms with Gasteiger partial charge in [-0.1, -0.05) is 13.3 Å². The minimum atomic E-state index is -4.74. The Labute approximate surface area is 148 Å². The van der Waals surface area contributed by atoms with E-state index in [-0.39, 0.29) is 23.8 Å². The first kappa shape index (κ1) is 18.8. The molecule has 2 fully saturated rings. The lowest BCUT2D eigenvalue weighted by Gasteiger charge is -2.35. The van der Waals surface area contributed by atoms with Crippen molar-refractivity contribution in [1.82, 2.24) is 14.7 Å². The lowest BCUT2D eigenvalue weighted by molar-refractivity contribution is -0.00593. The SMILES string of the molecule is CCCCN1CCC(C(F)(F)S(=O)(=O)c2cc(C3CC3)nn2C)CC1. The lowest BCUT2D eigenvalue weighted by atomic mass is 9.97. The molecule has 2 heterocycles. The number of piperidine rings is 1. The Hall–Kier alpha value is -1.02. The van der Waals surface area contributed by atoms with E-state index in [0.29, 0.717) is 18.8 Å². The Morgan fingerprint density at radius 1 is 1.24 bits per heavy atom. The van der Waals surface area contributed by atoms with E-state index in [9.17, 15) is 17.2 Å². The van der Waals surface area contributed by atoms with Crippen molar-refractivity contribution in [3.05, 3.63) is 11.8 Å². The number of aryl methyl sites for hydroxylation is 1. The molecule has 0 unspecified atom stereocenters. The van der Waals surface area contributed by atoms with Crippen LogP contribution in [0.3, 0.4) is 0 Å². The maximum absolute atomic E-state index is 14.9. The summed E-state index contributed by atoms with van der Waals surface area (Å²) in [7, 11) is -3.31. The Balaban J connectivity index is 1.74.